The first kappa shape index (κ1) is 19.1. The van der Waals surface area contributed by atoms with E-state index in [0.29, 0.717) is 16.8 Å². The lowest BCUT2D eigenvalue weighted by Gasteiger charge is -2.13. The summed E-state index contributed by atoms with van der Waals surface area (Å²) in [5, 5.41) is 1.09. The number of aryl methyl sites for hydroxylation is 1. The molecule has 0 aromatic carbocycles. The number of sulfone groups is 1. The summed E-state index contributed by atoms with van der Waals surface area (Å²) in [7, 11) is -3.24. The molecule has 1 N–H and O–H groups in total. The van der Waals surface area contributed by atoms with Crippen LogP contribution < -0.4 is 0 Å². The number of aromatic amines is 1. The fraction of sp³-hybridized carbons (Fsp3) is 0.471. The minimum atomic E-state index is -3.24. The fourth-order valence-corrected chi connectivity index (χ4v) is 4.41. The van der Waals surface area contributed by atoms with E-state index in [1.165, 1.54) is 19.9 Å². The van der Waals surface area contributed by atoms with Gasteiger partial charge in [0.25, 0.3) is 0 Å². The molecule has 8 heteroatoms. The quantitative estimate of drug-likeness (QED) is 0.607. The van der Waals surface area contributed by atoms with Gasteiger partial charge in [-0.15, -0.1) is 0 Å². The van der Waals surface area contributed by atoms with Crippen LogP contribution in [0.5, 0.6) is 0 Å². The number of H-pyrrole nitrogens is 1. The number of Topliss-reactive ketones (excluding diaryl/α,β-unsaturated/α-hetero) is 2. The van der Waals surface area contributed by atoms with Crippen LogP contribution >= 0.6 is 0 Å². The van der Waals surface area contributed by atoms with Crippen molar-refractivity contribution < 1.29 is 27.5 Å². The van der Waals surface area contributed by atoms with E-state index >= 15 is 0 Å². The van der Waals surface area contributed by atoms with Gasteiger partial charge in [-0.25, -0.2) is 8.42 Å². The molecule has 2 heterocycles. The predicted octanol–water partition coefficient (Wildman–Crippen LogP) is 1.90. The Morgan fingerprint density at radius 3 is 2.44 bits per heavy atom. The first-order chi connectivity index (χ1) is 11.5. The molecule has 0 fully saturated rings. The number of carbonyl (C=O) groups is 3. The molecule has 1 aliphatic rings. The van der Waals surface area contributed by atoms with Crippen molar-refractivity contribution in [2.75, 3.05) is 5.75 Å². The van der Waals surface area contributed by atoms with Crippen LogP contribution in [0.2, 0.25) is 0 Å². The molecule has 0 radical (unpaired) electrons. The highest BCUT2D eigenvalue weighted by molar-refractivity contribution is 7.94. The molecule has 0 saturated heterocycles. The first-order valence-corrected chi connectivity index (χ1v) is 9.58. The maximum atomic E-state index is 12.5. The Morgan fingerprint density at radius 2 is 1.96 bits per heavy atom. The monoisotopic (exact) mass is 367 g/mol. The Kier molecular flexibility index (Phi) is 5.31. The van der Waals surface area contributed by atoms with Gasteiger partial charge in [0.15, 0.2) is 21.7 Å². The van der Waals surface area contributed by atoms with Gasteiger partial charge in [0.05, 0.1) is 17.9 Å². The Balaban J connectivity index is 2.03. The number of ether oxygens (including phenoxy) is 1. The first-order valence-electron chi connectivity index (χ1n) is 7.86. The second-order valence-corrected chi connectivity index (χ2v) is 8.23. The third-order valence-corrected chi connectivity index (χ3v) is 5.61. The number of rotatable bonds is 6. The molecule has 2 rings (SSSR count). The molecule has 25 heavy (non-hydrogen) atoms. The molecule has 1 aromatic heterocycles. The second kappa shape index (κ2) is 6.95. The highest BCUT2D eigenvalue weighted by atomic mass is 32.2. The van der Waals surface area contributed by atoms with E-state index in [-0.39, 0.29) is 23.7 Å². The van der Waals surface area contributed by atoms with Crippen LogP contribution in [0.3, 0.4) is 0 Å². The number of ketones is 2. The zero-order valence-corrected chi connectivity index (χ0v) is 15.4. The van der Waals surface area contributed by atoms with Crippen molar-refractivity contribution in [2.24, 2.45) is 5.92 Å². The largest absolute Gasteiger partial charge is 0.454 e. The molecular weight excluding hydrogens is 346 g/mol. The van der Waals surface area contributed by atoms with Crippen LogP contribution in [0.15, 0.2) is 11.5 Å². The topological polar surface area (TPSA) is 110 Å². The Hall–Kier alpha value is -2.22. The molecule has 7 nitrogen and oxygen atoms in total. The number of hydrogen-bond donors (Lipinski definition) is 1. The maximum Gasteiger partial charge on any atom is 0.307 e. The molecule has 2 atom stereocenters. The average Bonchev–Trinajstić information content (AvgIpc) is 2.96. The predicted molar refractivity (Wildman–Crippen MR) is 91.2 cm³/mol. The highest BCUT2D eigenvalue weighted by Crippen LogP contribution is 2.22. The number of aromatic nitrogens is 1. The highest BCUT2D eigenvalue weighted by Gasteiger charge is 2.28. The van der Waals surface area contributed by atoms with Crippen molar-refractivity contribution in [1.82, 2.24) is 4.98 Å². The molecule has 0 amide bonds. The SMILES string of the molecule is CC(=O)c1c(C)[nH]c(C(=O)[C@H](C)OC(=O)C[C@H]2C=CS(=O)(=O)C2)c1C. The van der Waals surface area contributed by atoms with E-state index in [4.69, 9.17) is 4.74 Å². The van der Waals surface area contributed by atoms with Gasteiger partial charge in [-0.05, 0) is 33.3 Å². The zero-order valence-electron chi connectivity index (χ0n) is 14.6. The fourth-order valence-electron chi connectivity index (χ4n) is 3.01. The van der Waals surface area contributed by atoms with Crippen LogP contribution in [-0.4, -0.2) is 42.8 Å². The standard InChI is InChI=1S/C17H21NO6S/c1-9-15(11(3)19)10(2)18-16(9)17(21)12(4)24-14(20)7-13-5-6-25(22,23)8-13/h5-6,12-13,18H,7-8H2,1-4H3/t12-,13+/m0/s1. The van der Waals surface area contributed by atoms with E-state index in [1.54, 1.807) is 13.8 Å². The summed E-state index contributed by atoms with van der Waals surface area (Å²) >= 11 is 0. The van der Waals surface area contributed by atoms with E-state index in [0.717, 1.165) is 5.41 Å². The van der Waals surface area contributed by atoms with Gasteiger partial charge in [0.2, 0.25) is 5.78 Å². The summed E-state index contributed by atoms with van der Waals surface area (Å²) in [4.78, 5) is 39.0. The third-order valence-electron chi connectivity index (χ3n) is 4.15. The number of esters is 1. The van der Waals surface area contributed by atoms with E-state index in [1.807, 2.05) is 0 Å². The van der Waals surface area contributed by atoms with Crippen LogP contribution in [0, 0.1) is 19.8 Å². The number of carbonyl (C=O) groups excluding carboxylic acids is 3. The van der Waals surface area contributed by atoms with Gasteiger partial charge in [-0.2, -0.15) is 0 Å². The van der Waals surface area contributed by atoms with Crippen molar-refractivity contribution in [3.8, 4) is 0 Å². The average molecular weight is 367 g/mol. The Labute approximate surface area is 146 Å². The van der Waals surface area contributed by atoms with Gasteiger partial charge in [0.1, 0.15) is 0 Å². The molecule has 0 spiro atoms. The smallest absolute Gasteiger partial charge is 0.307 e. The number of nitrogens with one attached hydrogen (secondary N) is 1. The summed E-state index contributed by atoms with van der Waals surface area (Å²) in [5.74, 6) is -1.78. The lowest BCUT2D eigenvalue weighted by molar-refractivity contribution is -0.146. The lowest BCUT2D eigenvalue weighted by atomic mass is 10.0. The van der Waals surface area contributed by atoms with Gasteiger partial charge in [-0.1, -0.05) is 6.08 Å². The van der Waals surface area contributed by atoms with Crippen molar-refractivity contribution in [2.45, 2.75) is 40.2 Å². The van der Waals surface area contributed by atoms with Gasteiger partial charge >= 0.3 is 5.97 Å². The Morgan fingerprint density at radius 1 is 1.32 bits per heavy atom. The summed E-state index contributed by atoms with van der Waals surface area (Å²) < 4.78 is 27.8. The van der Waals surface area contributed by atoms with Gasteiger partial charge in [0, 0.05) is 22.6 Å². The molecule has 136 valence electrons. The maximum absolute atomic E-state index is 12.5. The van der Waals surface area contributed by atoms with E-state index in [9.17, 15) is 22.8 Å². The van der Waals surface area contributed by atoms with Gasteiger partial charge < -0.3 is 9.72 Å². The minimum Gasteiger partial charge on any atom is -0.454 e. The van der Waals surface area contributed by atoms with Crippen LogP contribution in [0.4, 0.5) is 0 Å². The van der Waals surface area contributed by atoms with Crippen molar-refractivity contribution >= 4 is 27.4 Å². The zero-order chi connectivity index (χ0) is 18.9. The van der Waals surface area contributed by atoms with Crippen molar-refractivity contribution in [1.29, 1.82) is 0 Å². The summed E-state index contributed by atoms with van der Waals surface area (Å²) in [6.07, 6.45) is 0.321. The normalized spacial score (nSPS) is 19.6. The van der Waals surface area contributed by atoms with Crippen LogP contribution in [-0.2, 0) is 19.4 Å². The minimum absolute atomic E-state index is 0.102. The van der Waals surface area contributed by atoms with E-state index < -0.39 is 33.6 Å². The van der Waals surface area contributed by atoms with Crippen molar-refractivity contribution in [3.05, 3.63) is 34.0 Å². The van der Waals surface area contributed by atoms with Crippen LogP contribution in [0.1, 0.15) is 52.4 Å². The molecule has 1 aliphatic heterocycles. The van der Waals surface area contributed by atoms with Crippen molar-refractivity contribution in [3.63, 3.8) is 0 Å². The Bertz CT molecular complexity index is 862. The summed E-state index contributed by atoms with van der Waals surface area (Å²) in [6.45, 7) is 6.23. The third kappa shape index (κ3) is 4.25. The molecule has 0 unspecified atom stereocenters. The molecular formula is C17H21NO6S. The number of hydrogen-bond acceptors (Lipinski definition) is 6. The molecule has 0 aliphatic carbocycles. The molecule has 1 aromatic rings. The van der Waals surface area contributed by atoms with E-state index in [2.05, 4.69) is 4.98 Å². The van der Waals surface area contributed by atoms with Gasteiger partial charge in [-0.3, -0.25) is 14.4 Å². The second-order valence-electron chi connectivity index (χ2n) is 6.30. The van der Waals surface area contributed by atoms with Crippen LogP contribution in [0.25, 0.3) is 0 Å². The summed E-state index contributed by atoms with van der Waals surface area (Å²) in [5.41, 5.74) is 1.82. The number of allylic oxidation sites excluding steroid dienone is 1. The lowest BCUT2D eigenvalue weighted by Crippen LogP contribution is -2.26. The molecule has 0 bridgehead atoms. The molecule has 0 saturated carbocycles. The summed E-state index contributed by atoms with van der Waals surface area (Å²) in [6, 6.07) is 0.